The van der Waals surface area contributed by atoms with E-state index in [-0.39, 0.29) is 24.0 Å². The topological polar surface area (TPSA) is 42.9 Å². The van der Waals surface area contributed by atoms with Gasteiger partial charge < -0.3 is 15.5 Å². The Kier molecular flexibility index (Phi) is 9.08. The molecule has 2 N–H and O–H groups in total. The van der Waals surface area contributed by atoms with E-state index >= 15 is 0 Å². The molecule has 8 heteroatoms. The zero-order valence-corrected chi connectivity index (χ0v) is 21.1. The number of rotatable bonds is 6. The van der Waals surface area contributed by atoms with Crippen LogP contribution < -0.4 is 15.5 Å². The maximum atomic E-state index is 4.86. The molecule has 0 spiro atoms. The van der Waals surface area contributed by atoms with Gasteiger partial charge in [0.05, 0.1) is 11.5 Å². The summed E-state index contributed by atoms with van der Waals surface area (Å²) in [6, 6.07) is 7.16. The molecule has 0 amide bonds. The molecule has 4 heterocycles. The molecule has 0 unspecified atom stereocenters. The molecule has 29 heavy (non-hydrogen) atoms. The van der Waals surface area contributed by atoms with Crippen LogP contribution in [0.4, 0.5) is 5.00 Å². The van der Waals surface area contributed by atoms with Crippen LogP contribution in [0.15, 0.2) is 34.0 Å². The third-order valence-corrected chi connectivity index (χ3v) is 7.52. The standard InChI is InChI=1S/C21H31N5S2.HI/c1-2-22-21(23-9-13-25-10-7-19-17(16-25)8-15-27-19)24-18-5-11-26(12-6-18)20-4-3-14-28-20;/h3-4,8,14-15,18H,2,5-7,9-13,16H2,1H3,(H2,22,23,24);1H. The molecular weight excluding hydrogens is 513 g/mol. The van der Waals surface area contributed by atoms with E-state index in [4.69, 9.17) is 4.99 Å². The van der Waals surface area contributed by atoms with Gasteiger partial charge in [0, 0.05) is 50.2 Å². The van der Waals surface area contributed by atoms with Gasteiger partial charge in [-0.15, -0.1) is 46.7 Å². The molecular formula is C21H32IN5S2. The van der Waals surface area contributed by atoms with E-state index in [0.29, 0.717) is 6.04 Å². The highest BCUT2D eigenvalue weighted by Gasteiger charge is 2.21. The second-order valence-corrected chi connectivity index (χ2v) is 9.44. The van der Waals surface area contributed by atoms with Gasteiger partial charge in [0.2, 0.25) is 0 Å². The van der Waals surface area contributed by atoms with Crippen molar-refractivity contribution in [1.29, 1.82) is 0 Å². The molecule has 160 valence electrons. The Morgan fingerprint density at radius 1 is 1.17 bits per heavy atom. The van der Waals surface area contributed by atoms with Crippen molar-refractivity contribution >= 4 is 57.6 Å². The Morgan fingerprint density at radius 3 is 2.79 bits per heavy atom. The molecule has 1 fully saturated rings. The van der Waals surface area contributed by atoms with E-state index in [1.165, 1.54) is 17.0 Å². The molecule has 1 saturated heterocycles. The highest BCUT2D eigenvalue weighted by Crippen LogP contribution is 2.25. The van der Waals surface area contributed by atoms with E-state index in [1.807, 2.05) is 22.7 Å². The van der Waals surface area contributed by atoms with Crippen LogP contribution in [-0.2, 0) is 13.0 Å². The van der Waals surface area contributed by atoms with Crippen molar-refractivity contribution in [2.45, 2.75) is 38.8 Å². The summed E-state index contributed by atoms with van der Waals surface area (Å²) >= 11 is 3.74. The van der Waals surface area contributed by atoms with Crippen LogP contribution in [0.25, 0.3) is 0 Å². The predicted octanol–water partition coefficient (Wildman–Crippen LogP) is 4.01. The minimum atomic E-state index is 0. The van der Waals surface area contributed by atoms with Crippen molar-refractivity contribution in [2.75, 3.05) is 44.2 Å². The van der Waals surface area contributed by atoms with Gasteiger partial charge in [0.1, 0.15) is 0 Å². The number of thiophene rings is 2. The molecule has 0 saturated carbocycles. The van der Waals surface area contributed by atoms with Gasteiger partial charge >= 0.3 is 0 Å². The Bertz CT molecular complexity index is 753. The summed E-state index contributed by atoms with van der Waals surface area (Å²) in [5.41, 5.74) is 1.52. The lowest BCUT2D eigenvalue weighted by Crippen LogP contribution is -2.48. The Labute approximate surface area is 199 Å². The minimum Gasteiger partial charge on any atom is -0.363 e. The summed E-state index contributed by atoms with van der Waals surface area (Å²) in [7, 11) is 0. The molecule has 2 aliphatic heterocycles. The summed E-state index contributed by atoms with van der Waals surface area (Å²) in [6.45, 7) is 9.41. The number of halogens is 1. The van der Waals surface area contributed by atoms with Gasteiger partial charge in [-0.2, -0.15) is 0 Å². The van der Waals surface area contributed by atoms with Crippen molar-refractivity contribution in [3.63, 3.8) is 0 Å². The summed E-state index contributed by atoms with van der Waals surface area (Å²) < 4.78 is 0. The third-order valence-electron chi connectivity index (χ3n) is 5.57. The van der Waals surface area contributed by atoms with Crippen LogP contribution >= 0.6 is 46.7 Å². The highest BCUT2D eigenvalue weighted by molar-refractivity contribution is 14.0. The lowest BCUT2D eigenvalue weighted by atomic mass is 10.1. The largest absolute Gasteiger partial charge is 0.363 e. The van der Waals surface area contributed by atoms with Crippen molar-refractivity contribution in [3.8, 4) is 0 Å². The lowest BCUT2D eigenvalue weighted by molar-refractivity contribution is 0.263. The zero-order chi connectivity index (χ0) is 19.2. The van der Waals surface area contributed by atoms with Crippen LogP contribution in [0.2, 0.25) is 0 Å². The van der Waals surface area contributed by atoms with Gasteiger partial charge in [-0.1, -0.05) is 0 Å². The average molecular weight is 546 g/mol. The number of fused-ring (bicyclic) bond motifs is 1. The Morgan fingerprint density at radius 2 is 2.03 bits per heavy atom. The second kappa shape index (κ2) is 11.5. The minimum absolute atomic E-state index is 0. The fraction of sp³-hybridized carbons (Fsp3) is 0.571. The molecule has 2 aromatic rings. The fourth-order valence-electron chi connectivity index (χ4n) is 4.01. The number of aliphatic imine (C=N–C) groups is 1. The number of hydrogen-bond donors (Lipinski definition) is 2. The summed E-state index contributed by atoms with van der Waals surface area (Å²) in [6.07, 6.45) is 3.52. The number of guanidine groups is 1. The van der Waals surface area contributed by atoms with E-state index < -0.39 is 0 Å². The molecule has 4 rings (SSSR count). The normalized spacial score (nSPS) is 18.2. The number of anilines is 1. The first-order valence-corrected chi connectivity index (χ1v) is 12.2. The Balaban J connectivity index is 0.00000240. The molecule has 2 aliphatic rings. The maximum Gasteiger partial charge on any atom is 0.191 e. The molecule has 2 aromatic heterocycles. The first-order chi connectivity index (χ1) is 13.8. The molecule has 0 radical (unpaired) electrons. The van der Waals surface area contributed by atoms with Crippen molar-refractivity contribution < 1.29 is 0 Å². The second-order valence-electron chi connectivity index (χ2n) is 7.51. The van der Waals surface area contributed by atoms with Gasteiger partial charge in [0.15, 0.2) is 5.96 Å². The highest BCUT2D eigenvalue weighted by atomic mass is 127. The van der Waals surface area contributed by atoms with Crippen molar-refractivity contribution in [3.05, 3.63) is 39.4 Å². The summed E-state index contributed by atoms with van der Waals surface area (Å²) in [5, 5.41) is 12.9. The smallest absolute Gasteiger partial charge is 0.191 e. The maximum absolute atomic E-state index is 4.86. The van der Waals surface area contributed by atoms with E-state index in [2.05, 4.69) is 56.3 Å². The van der Waals surface area contributed by atoms with E-state index in [9.17, 15) is 0 Å². The van der Waals surface area contributed by atoms with Crippen LogP contribution in [0.1, 0.15) is 30.2 Å². The van der Waals surface area contributed by atoms with Crippen LogP contribution in [0.5, 0.6) is 0 Å². The summed E-state index contributed by atoms with van der Waals surface area (Å²) in [4.78, 5) is 11.5. The number of piperidine rings is 1. The SMILES string of the molecule is CCNC(=NCCN1CCc2sccc2C1)NC1CCN(c2cccs2)CC1.I. The van der Waals surface area contributed by atoms with Gasteiger partial charge in [-0.05, 0) is 60.7 Å². The zero-order valence-electron chi connectivity index (χ0n) is 17.1. The molecule has 0 atom stereocenters. The lowest BCUT2D eigenvalue weighted by Gasteiger charge is -2.33. The van der Waals surface area contributed by atoms with Crippen LogP contribution in [-0.4, -0.2) is 56.2 Å². The first-order valence-electron chi connectivity index (χ1n) is 10.4. The van der Waals surface area contributed by atoms with Crippen LogP contribution in [0, 0.1) is 0 Å². The number of hydrogen-bond acceptors (Lipinski definition) is 5. The van der Waals surface area contributed by atoms with Gasteiger partial charge in [0.25, 0.3) is 0 Å². The van der Waals surface area contributed by atoms with Crippen LogP contribution in [0.3, 0.4) is 0 Å². The monoisotopic (exact) mass is 545 g/mol. The quantitative estimate of drug-likeness (QED) is 0.327. The third kappa shape index (κ3) is 6.32. The Hall–Kier alpha value is -0.840. The van der Waals surface area contributed by atoms with E-state index in [1.54, 1.807) is 4.88 Å². The molecule has 5 nitrogen and oxygen atoms in total. The van der Waals surface area contributed by atoms with Crippen molar-refractivity contribution in [2.24, 2.45) is 4.99 Å². The summed E-state index contributed by atoms with van der Waals surface area (Å²) in [5.74, 6) is 0.977. The van der Waals surface area contributed by atoms with E-state index in [0.717, 1.165) is 64.6 Å². The van der Waals surface area contributed by atoms with Gasteiger partial charge in [-0.25, -0.2) is 0 Å². The number of nitrogens with one attached hydrogen (secondary N) is 2. The number of nitrogens with zero attached hydrogens (tertiary/aromatic N) is 3. The first kappa shape index (κ1) is 22.8. The van der Waals surface area contributed by atoms with Gasteiger partial charge in [-0.3, -0.25) is 9.89 Å². The average Bonchev–Trinajstić information content (AvgIpc) is 3.40. The fourth-order valence-corrected chi connectivity index (χ4v) is 5.68. The molecule has 0 aliphatic carbocycles. The van der Waals surface area contributed by atoms with Crippen molar-refractivity contribution in [1.82, 2.24) is 15.5 Å². The molecule has 0 aromatic carbocycles. The predicted molar refractivity (Wildman–Crippen MR) is 137 cm³/mol. The molecule has 0 bridgehead atoms.